The number of phenols is 1. The maximum Gasteiger partial charge on any atom is 0.117 e. The molecule has 3 heteroatoms. The third-order valence-electron chi connectivity index (χ3n) is 4.03. The van der Waals surface area contributed by atoms with E-state index in [9.17, 15) is 5.11 Å². The molecule has 0 aliphatic heterocycles. The van der Waals surface area contributed by atoms with E-state index in [1.807, 2.05) is 6.07 Å². The molecule has 1 fully saturated rings. The summed E-state index contributed by atoms with van der Waals surface area (Å²) in [6.07, 6.45) is 9.27. The van der Waals surface area contributed by atoms with Gasteiger partial charge in [-0.3, -0.25) is 0 Å². The average Bonchev–Trinajstić information content (AvgIpc) is 2.79. The van der Waals surface area contributed by atoms with Crippen LogP contribution in [0.15, 0.2) is 18.2 Å². The number of H-pyrrole nitrogens is 1. The Labute approximate surface area is 107 Å². The third-order valence-corrected chi connectivity index (χ3v) is 4.03. The molecule has 3 rings (SSSR count). The lowest BCUT2D eigenvalue weighted by atomic mass is 9.86. The van der Waals surface area contributed by atoms with E-state index in [4.69, 9.17) is 0 Å². The first-order valence-corrected chi connectivity index (χ1v) is 6.99. The summed E-state index contributed by atoms with van der Waals surface area (Å²) in [7, 11) is 0. The Morgan fingerprint density at radius 2 is 2.06 bits per heavy atom. The number of aromatic nitrogens is 2. The minimum absolute atomic E-state index is 0.296. The highest BCUT2D eigenvalue weighted by atomic mass is 16.3. The Morgan fingerprint density at radius 1 is 1.22 bits per heavy atom. The lowest BCUT2D eigenvalue weighted by Crippen LogP contribution is -2.07. The highest BCUT2D eigenvalue weighted by Gasteiger charge is 2.14. The van der Waals surface area contributed by atoms with Gasteiger partial charge in [-0.25, -0.2) is 4.98 Å². The fourth-order valence-electron chi connectivity index (χ4n) is 2.99. The van der Waals surface area contributed by atoms with Gasteiger partial charge in [0.15, 0.2) is 0 Å². The summed E-state index contributed by atoms with van der Waals surface area (Å²) in [5.41, 5.74) is 1.89. The van der Waals surface area contributed by atoms with E-state index in [1.54, 1.807) is 12.1 Å². The number of hydrogen-bond donors (Lipinski definition) is 2. The topological polar surface area (TPSA) is 48.9 Å². The fraction of sp³-hybridized carbons (Fsp3) is 0.533. The zero-order valence-corrected chi connectivity index (χ0v) is 10.7. The third kappa shape index (κ3) is 2.50. The number of hydrogen-bond acceptors (Lipinski definition) is 2. The molecule has 0 atom stereocenters. The maximum absolute atomic E-state index is 9.43. The van der Waals surface area contributed by atoms with E-state index in [1.165, 1.54) is 38.5 Å². The van der Waals surface area contributed by atoms with Crippen molar-refractivity contribution in [1.29, 1.82) is 0 Å². The van der Waals surface area contributed by atoms with Gasteiger partial charge in [-0.05, 0) is 24.5 Å². The van der Waals surface area contributed by atoms with Crippen LogP contribution in [0.2, 0.25) is 0 Å². The van der Waals surface area contributed by atoms with E-state index in [0.29, 0.717) is 5.75 Å². The molecular weight excluding hydrogens is 224 g/mol. The van der Waals surface area contributed by atoms with Crippen molar-refractivity contribution in [1.82, 2.24) is 9.97 Å². The minimum Gasteiger partial charge on any atom is -0.508 e. The molecule has 0 amide bonds. The van der Waals surface area contributed by atoms with Gasteiger partial charge in [-0.15, -0.1) is 0 Å². The largest absolute Gasteiger partial charge is 0.508 e. The minimum atomic E-state index is 0.296. The summed E-state index contributed by atoms with van der Waals surface area (Å²) >= 11 is 0. The molecule has 1 heterocycles. The maximum atomic E-state index is 9.43. The lowest BCUT2D eigenvalue weighted by Gasteiger charge is -2.20. The number of fused-ring (bicyclic) bond motifs is 1. The summed E-state index contributed by atoms with van der Waals surface area (Å²) in [6, 6.07) is 5.30. The Kier molecular flexibility index (Phi) is 3.22. The second kappa shape index (κ2) is 5.01. The Hall–Kier alpha value is -1.51. The molecule has 1 aromatic heterocycles. The number of rotatable bonds is 3. The highest BCUT2D eigenvalue weighted by molar-refractivity contribution is 5.76. The second-order valence-electron chi connectivity index (χ2n) is 5.43. The summed E-state index contributed by atoms with van der Waals surface area (Å²) in [5.74, 6) is 2.24. The molecular formula is C15H20N2O. The van der Waals surface area contributed by atoms with Crippen molar-refractivity contribution < 1.29 is 5.11 Å². The van der Waals surface area contributed by atoms with E-state index >= 15 is 0 Å². The number of aryl methyl sites for hydroxylation is 1. The zero-order chi connectivity index (χ0) is 12.4. The van der Waals surface area contributed by atoms with Crippen LogP contribution in [-0.2, 0) is 6.42 Å². The van der Waals surface area contributed by atoms with Gasteiger partial charge in [0.1, 0.15) is 11.6 Å². The standard InChI is InChI=1S/C15H20N2O/c18-12-7-8-13-14(10-12)17-15(16-13)9-6-11-4-2-1-3-5-11/h7-8,10-11,18H,1-6,9H2,(H,16,17). The van der Waals surface area contributed by atoms with Gasteiger partial charge in [0.2, 0.25) is 0 Å². The van der Waals surface area contributed by atoms with Crippen molar-refractivity contribution >= 4 is 11.0 Å². The first-order valence-electron chi connectivity index (χ1n) is 6.99. The molecule has 0 radical (unpaired) electrons. The summed E-state index contributed by atoms with van der Waals surface area (Å²) in [4.78, 5) is 7.88. The van der Waals surface area contributed by atoms with Crippen LogP contribution in [0.1, 0.15) is 44.3 Å². The highest BCUT2D eigenvalue weighted by Crippen LogP contribution is 2.27. The van der Waals surface area contributed by atoms with Crippen LogP contribution in [0.3, 0.4) is 0 Å². The summed E-state index contributed by atoms with van der Waals surface area (Å²) in [6.45, 7) is 0. The van der Waals surface area contributed by atoms with Crippen LogP contribution in [0.4, 0.5) is 0 Å². The van der Waals surface area contributed by atoms with E-state index in [0.717, 1.165) is 29.2 Å². The first-order chi connectivity index (χ1) is 8.81. The van der Waals surface area contributed by atoms with Gasteiger partial charge in [0.25, 0.3) is 0 Å². The number of benzene rings is 1. The fourth-order valence-corrected chi connectivity index (χ4v) is 2.99. The number of aromatic hydroxyl groups is 1. The van der Waals surface area contributed by atoms with Crippen LogP contribution in [-0.4, -0.2) is 15.1 Å². The van der Waals surface area contributed by atoms with Crippen LogP contribution >= 0.6 is 0 Å². The van der Waals surface area contributed by atoms with Gasteiger partial charge < -0.3 is 10.1 Å². The molecule has 0 saturated heterocycles. The molecule has 18 heavy (non-hydrogen) atoms. The summed E-state index contributed by atoms with van der Waals surface area (Å²) in [5, 5.41) is 9.43. The normalized spacial score (nSPS) is 17.3. The van der Waals surface area contributed by atoms with Gasteiger partial charge >= 0.3 is 0 Å². The molecule has 2 aromatic rings. The van der Waals surface area contributed by atoms with Crippen molar-refractivity contribution in [2.75, 3.05) is 0 Å². The molecule has 3 nitrogen and oxygen atoms in total. The van der Waals surface area contributed by atoms with Gasteiger partial charge in [0, 0.05) is 12.5 Å². The molecule has 1 aliphatic carbocycles. The molecule has 2 N–H and O–H groups in total. The van der Waals surface area contributed by atoms with Crippen molar-refractivity contribution in [3.05, 3.63) is 24.0 Å². The quantitative estimate of drug-likeness (QED) is 0.863. The molecule has 1 aliphatic rings. The number of nitrogens with one attached hydrogen (secondary N) is 1. The molecule has 96 valence electrons. The molecule has 0 unspecified atom stereocenters. The predicted molar refractivity (Wildman–Crippen MR) is 72.7 cm³/mol. The molecule has 0 spiro atoms. The molecule has 0 bridgehead atoms. The van der Waals surface area contributed by atoms with Gasteiger partial charge in [-0.1, -0.05) is 32.1 Å². The molecule has 1 aromatic carbocycles. The predicted octanol–water partition coefficient (Wildman–Crippen LogP) is 3.78. The zero-order valence-electron chi connectivity index (χ0n) is 10.7. The van der Waals surface area contributed by atoms with Crippen molar-refractivity contribution in [3.8, 4) is 5.75 Å². The van der Waals surface area contributed by atoms with Crippen LogP contribution in [0, 0.1) is 5.92 Å². The van der Waals surface area contributed by atoms with Gasteiger partial charge in [0.05, 0.1) is 11.0 Å². The number of imidazole rings is 1. The first kappa shape index (κ1) is 11.6. The molecule has 1 saturated carbocycles. The van der Waals surface area contributed by atoms with Crippen LogP contribution in [0.5, 0.6) is 5.75 Å². The number of phenolic OH excluding ortho intramolecular Hbond substituents is 1. The van der Waals surface area contributed by atoms with Gasteiger partial charge in [-0.2, -0.15) is 0 Å². The Bertz CT molecular complexity index is 526. The lowest BCUT2D eigenvalue weighted by molar-refractivity contribution is 0.337. The average molecular weight is 244 g/mol. The van der Waals surface area contributed by atoms with E-state index < -0.39 is 0 Å². The number of nitrogens with zero attached hydrogens (tertiary/aromatic N) is 1. The van der Waals surface area contributed by atoms with Crippen LogP contribution < -0.4 is 0 Å². The van der Waals surface area contributed by atoms with Crippen molar-refractivity contribution in [2.24, 2.45) is 5.92 Å². The van der Waals surface area contributed by atoms with Crippen molar-refractivity contribution in [3.63, 3.8) is 0 Å². The smallest absolute Gasteiger partial charge is 0.117 e. The Morgan fingerprint density at radius 3 is 2.89 bits per heavy atom. The van der Waals surface area contributed by atoms with Crippen LogP contribution in [0.25, 0.3) is 11.0 Å². The van der Waals surface area contributed by atoms with E-state index in [2.05, 4.69) is 9.97 Å². The monoisotopic (exact) mass is 244 g/mol. The van der Waals surface area contributed by atoms with E-state index in [-0.39, 0.29) is 0 Å². The summed E-state index contributed by atoms with van der Waals surface area (Å²) < 4.78 is 0. The SMILES string of the molecule is Oc1ccc2nc(CCC3CCCCC3)[nH]c2c1. The Balaban J connectivity index is 1.67. The second-order valence-corrected chi connectivity index (χ2v) is 5.43. The van der Waals surface area contributed by atoms with Crippen molar-refractivity contribution in [2.45, 2.75) is 44.9 Å². The number of aromatic amines is 1.